The zero-order valence-corrected chi connectivity index (χ0v) is 17.1. The minimum absolute atomic E-state index is 0.0125. The lowest BCUT2D eigenvalue weighted by Gasteiger charge is -2.16. The lowest BCUT2D eigenvalue weighted by molar-refractivity contribution is -0.144. The van der Waals surface area contributed by atoms with E-state index >= 15 is 0 Å². The van der Waals surface area contributed by atoms with Gasteiger partial charge in [0.2, 0.25) is 0 Å². The molecular formula is C24H25F2NO2. The SMILES string of the molecule is CCOC(=O)[C@H]1C[C@@H]1c1c(C(C)C)n(-c2ccc(F)c(C)c2)c2ccc(F)cc12. The van der Waals surface area contributed by atoms with Crippen LogP contribution in [-0.4, -0.2) is 17.1 Å². The molecule has 3 aromatic rings. The van der Waals surface area contributed by atoms with Gasteiger partial charge in [-0.1, -0.05) is 13.8 Å². The van der Waals surface area contributed by atoms with Gasteiger partial charge in [0.25, 0.3) is 0 Å². The first kappa shape index (κ1) is 19.6. The molecule has 0 bridgehead atoms. The van der Waals surface area contributed by atoms with E-state index in [0.29, 0.717) is 18.6 Å². The molecule has 0 saturated heterocycles. The van der Waals surface area contributed by atoms with Crippen molar-refractivity contribution in [3.05, 3.63) is 64.9 Å². The van der Waals surface area contributed by atoms with Crippen LogP contribution >= 0.6 is 0 Å². The average Bonchev–Trinajstić information content (AvgIpc) is 3.39. The van der Waals surface area contributed by atoms with Gasteiger partial charge in [-0.2, -0.15) is 0 Å². The molecule has 0 aliphatic heterocycles. The van der Waals surface area contributed by atoms with Crippen LogP contribution in [0.25, 0.3) is 16.6 Å². The van der Waals surface area contributed by atoms with Crippen LogP contribution in [0.3, 0.4) is 0 Å². The number of hydrogen-bond acceptors (Lipinski definition) is 2. The van der Waals surface area contributed by atoms with E-state index in [1.54, 1.807) is 32.0 Å². The maximum Gasteiger partial charge on any atom is 0.309 e. The number of benzene rings is 2. The average molecular weight is 397 g/mol. The molecule has 0 amide bonds. The summed E-state index contributed by atoms with van der Waals surface area (Å²) in [5.74, 6) is -0.804. The molecule has 2 aromatic carbocycles. The highest BCUT2D eigenvalue weighted by molar-refractivity contribution is 5.90. The molecule has 0 spiro atoms. The van der Waals surface area contributed by atoms with Crippen molar-refractivity contribution in [3.63, 3.8) is 0 Å². The molecule has 29 heavy (non-hydrogen) atoms. The maximum atomic E-state index is 14.2. The standard InChI is InChI=1S/C24H25F2NO2/c1-5-29-24(28)18-12-17(18)22-19-11-15(25)6-9-21(19)27(23(22)13(2)3)16-7-8-20(26)14(4)10-16/h6-11,13,17-18H,5,12H2,1-4H3/t17-,18-/m0/s1. The first-order chi connectivity index (χ1) is 13.8. The summed E-state index contributed by atoms with van der Waals surface area (Å²) >= 11 is 0. The van der Waals surface area contributed by atoms with E-state index in [0.717, 1.165) is 27.8 Å². The summed E-state index contributed by atoms with van der Waals surface area (Å²) in [6, 6.07) is 9.77. The van der Waals surface area contributed by atoms with Gasteiger partial charge in [0.15, 0.2) is 0 Å². The molecule has 0 unspecified atom stereocenters. The van der Waals surface area contributed by atoms with Gasteiger partial charge in [-0.25, -0.2) is 8.78 Å². The number of ether oxygens (including phenoxy) is 1. The van der Waals surface area contributed by atoms with Crippen LogP contribution in [-0.2, 0) is 9.53 Å². The van der Waals surface area contributed by atoms with Crippen LogP contribution in [0.15, 0.2) is 36.4 Å². The van der Waals surface area contributed by atoms with E-state index < -0.39 is 0 Å². The van der Waals surface area contributed by atoms with Crippen LogP contribution in [0.5, 0.6) is 0 Å². The van der Waals surface area contributed by atoms with Crippen molar-refractivity contribution in [2.24, 2.45) is 5.92 Å². The van der Waals surface area contributed by atoms with Gasteiger partial charge in [-0.3, -0.25) is 4.79 Å². The predicted molar refractivity (Wildman–Crippen MR) is 109 cm³/mol. The summed E-state index contributed by atoms with van der Waals surface area (Å²) in [4.78, 5) is 12.3. The van der Waals surface area contributed by atoms with E-state index in [9.17, 15) is 13.6 Å². The van der Waals surface area contributed by atoms with Crippen molar-refractivity contribution in [1.29, 1.82) is 0 Å². The number of carbonyl (C=O) groups excluding carboxylic acids is 1. The maximum absolute atomic E-state index is 14.2. The Morgan fingerprint density at radius 3 is 2.62 bits per heavy atom. The summed E-state index contributed by atoms with van der Waals surface area (Å²) in [7, 11) is 0. The number of esters is 1. The second-order valence-corrected chi connectivity index (χ2v) is 8.08. The zero-order valence-electron chi connectivity index (χ0n) is 17.1. The molecule has 1 saturated carbocycles. The number of nitrogens with zero attached hydrogens (tertiary/aromatic N) is 1. The van der Waals surface area contributed by atoms with Gasteiger partial charge in [0, 0.05) is 22.7 Å². The molecule has 1 aliphatic rings. The van der Waals surface area contributed by atoms with E-state index in [1.165, 1.54) is 12.1 Å². The van der Waals surface area contributed by atoms with Crippen molar-refractivity contribution < 1.29 is 18.3 Å². The minimum Gasteiger partial charge on any atom is -0.466 e. The van der Waals surface area contributed by atoms with Crippen LogP contribution in [0, 0.1) is 24.5 Å². The summed E-state index contributed by atoms with van der Waals surface area (Å²) in [5, 5.41) is 0.812. The van der Waals surface area contributed by atoms with E-state index in [4.69, 9.17) is 4.74 Å². The van der Waals surface area contributed by atoms with Crippen molar-refractivity contribution >= 4 is 16.9 Å². The van der Waals surface area contributed by atoms with E-state index in [1.807, 2.05) is 6.07 Å². The molecule has 1 fully saturated rings. The molecule has 1 aliphatic carbocycles. The second-order valence-electron chi connectivity index (χ2n) is 8.08. The lowest BCUT2D eigenvalue weighted by Crippen LogP contribution is -2.09. The first-order valence-electron chi connectivity index (χ1n) is 10.1. The summed E-state index contributed by atoms with van der Waals surface area (Å²) < 4.78 is 35.4. The molecule has 1 heterocycles. The van der Waals surface area contributed by atoms with Crippen LogP contribution in [0.2, 0.25) is 0 Å². The van der Waals surface area contributed by atoms with Gasteiger partial charge in [0.1, 0.15) is 11.6 Å². The highest BCUT2D eigenvalue weighted by atomic mass is 19.1. The number of aryl methyl sites for hydroxylation is 1. The van der Waals surface area contributed by atoms with Crippen LogP contribution in [0.1, 0.15) is 55.8 Å². The highest BCUT2D eigenvalue weighted by Gasteiger charge is 2.48. The fourth-order valence-corrected chi connectivity index (χ4v) is 4.34. The molecule has 4 rings (SSSR count). The highest BCUT2D eigenvalue weighted by Crippen LogP contribution is 2.53. The van der Waals surface area contributed by atoms with Gasteiger partial charge in [0.05, 0.1) is 18.0 Å². The zero-order chi connectivity index (χ0) is 20.9. The first-order valence-corrected chi connectivity index (χ1v) is 10.1. The Morgan fingerprint density at radius 1 is 1.21 bits per heavy atom. The topological polar surface area (TPSA) is 31.2 Å². The van der Waals surface area contributed by atoms with Crippen molar-refractivity contribution in [3.8, 4) is 5.69 Å². The number of fused-ring (bicyclic) bond motifs is 1. The Labute approximate surface area is 169 Å². The molecule has 3 nitrogen and oxygen atoms in total. The Hall–Kier alpha value is -2.69. The summed E-state index contributed by atoms with van der Waals surface area (Å²) in [5.41, 5.74) is 4.30. The third-order valence-corrected chi connectivity index (χ3v) is 5.70. The van der Waals surface area contributed by atoms with Crippen molar-refractivity contribution in [1.82, 2.24) is 4.57 Å². The number of hydrogen-bond donors (Lipinski definition) is 0. The largest absolute Gasteiger partial charge is 0.466 e. The van der Waals surface area contributed by atoms with Crippen molar-refractivity contribution in [2.45, 2.75) is 46.0 Å². The smallest absolute Gasteiger partial charge is 0.309 e. The molecule has 2 atom stereocenters. The molecule has 1 aromatic heterocycles. The fraction of sp³-hybridized carbons (Fsp3) is 0.375. The van der Waals surface area contributed by atoms with E-state index in [2.05, 4.69) is 18.4 Å². The third-order valence-electron chi connectivity index (χ3n) is 5.70. The quantitative estimate of drug-likeness (QED) is 0.494. The molecule has 0 radical (unpaired) electrons. The van der Waals surface area contributed by atoms with Crippen LogP contribution in [0.4, 0.5) is 8.78 Å². The predicted octanol–water partition coefficient (Wildman–Crippen LogP) is 6.01. The van der Waals surface area contributed by atoms with E-state index in [-0.39, 0.29) is 35.4 Å². The monoisotopic (exact) mass is 397 g/mol. The second kappa shape index (κ2) is 7.29. The number of aromatic nitrogens is 1. The molecule has 152 valence electrons. The van der Waals surface area contributed by atoms with Crippen LogP contribution < -0.4 is 0 Å². The molecular weight excluding hydrogens is 372 g/mol. The Balaban J connectivity index is 1.96. The molecule has 0 N–H and O–H groups in total. The number of halogens is 2. The Morgan fingerprint density at radius 2 is 1.97 bits per heavy atom. The summed E-state index contributed by atoms with van der Waals surface area (Å²) in [6.45, 7) is 8.06. The number of carbonyl (C=O) groups is 1. The van der Waals surface area contributed by atoms with Gasteiger partial charge < -0.3 is 9.30 Å². The Bertz CT molecular complexity index is 1100. The van der Waals surface area contributed by atoms with Crippen molar-refractivity contribution in [2.75, 3.05) is 6.61 Å². The normalized spacial score (nSPS) is 18.4. The molecule has 5 heteroatoms. The summed E-state index contributed by atoms with van der Waals surface area (Å²) in [6.07, 6.45) is 0.705. The van der Waals surface area contributed by atoms with Gasteiger partial charge in [-0.05, 0) is 73.7 Å². The van der Waals surface area contributed by atoms with Gasteiger partial charge >= 0.3 is 5.97 Å². The fourth-order valence-electron chi connectivity index (χ4n) is 4.34. The lowest BCUT2D eigenvalue weighted by atomic mass is 9.98. The third kappa shape index (κ3) is 3.33. The number of rotatable bonds is 5. The Kier molecular flexibility index (Phi) is 4.93. The minimum atomic E-state index is -0.310. The van der Waals surface area contributed by atoms with Gasteiger partial charge in [-0.15, -0.1) is 0 Å².